The van der Waals surface area contributed by atoms with Gasteiger partial charge in [0.05, 0.1) is 24.8 Å². The van der Waals surface area contributed by atoms with Crippen LogP contribution in [0.5, 0.6) is 5.75 Å². The molecular formula is C26H25NO5. The Hall–Kier alpha value is -3.80. The van der Waals surface area contributed by atoms with Crippen LogP contribution in [0, 0.1) is 6.92 Å². The maximum Gasteiger partial charge on any atom is 0.307 e. The van der Waals surface area contributed by atoms with Crippen LogP contribution in [-0.4, -0.2) is 28.7 Å². The number of nitrogens with zero attached hydrogens (tertiary/aromatic N) is 1. The van der Waals surface area contributed by atoms with Crippen molar-refractivity contribution >= 4 is 22.8 Å². The Morgan fingerprint density at radius 1 is 1.06 bits per heavy atom. The third-order valence-corrected chi connectivity index (χ3v) is 5.73. The van der Waals surface area contributed by atoms with E-state index in [1.165, 1.54) is 0 Å². The molecule has 0 unspecified atom stereocenters. The van der Waals surface area contributed by atoms with Crippen molar-refractivity contribution in [3.05, 3.63) is 88.8 Å². The van der Waals surface area contributed by atoms with Gasteiger partial charge < -0.3 is 14.6 Å². The van der Waals surface area contributed by atoms with Crippen molar-refractivity contribution < 1.29 is 24.2 Å². The quantitative estimate of drug-likeness (QED) is 0.567. The lowest BCUT2D eigenvalue weighted by atomic mass is 10.0. The Labute approximate surface area is 186 Å². The first kappa shape index (κ1) is 21.4. The number of hydrogen-bond acceptors (Lipinski definition) is 4. The number of methoxy groups -OCH3 is 1. The van der Waals surface area contributed by atoms with Gasteiger partial charge in [-0.2, -0.15) is 0 Å². The highest BCUT2D eigenvalue weighted by molar-refractivity contribution is 6.05. The second kappa shape index (κ2) is 9.14. The van der Waals surface area contributed by atoms with E-state index in [4.69, 9.17) is 9.47 Å². The first-order valence-electron chi connectivity index (χ1n) is 10.5. The molecule has 4 rings (SSSR count). The molecule has 0 radical (unpaired) electrons. The zero-order valence-electron chi connectivity index (χ0n) is 18.1. The van der Waals surface area contributed by atoms with Crippen molar-refractivity contribution in [2.45, 2.75) is 32.8 Å². The van der Waals surface area contributed by atoms with Crippen LogP contribution in [0.1, 0.15) is 34.5 Å². The molecule has 2 aromatic carbocycles. The van der Waals surface area contributed by atoms with Gasteiger partial charge in [0.15, 0.2) is 0 Å². The average molecular weight is 431 g/mol. The first-order chi connectivity index (χ1) is 15.5. The Morgan fingerprint density at radius 2 is 1.84 bits per heavy atom. The van der Waals surface area contributed by atoms with E-state index in [1.54, 1.807) is 42.9 Å². The molecule has 164 valence electrons. The molecule has 1 heterocycles. The van der Waals surface area contributed by atoms with Gasteiger partial charge in [-0.25, -0.2) is 0 Å². The molecule has 0 atom stereocenters. The molecule has 1 aliphatic rings. The fourth-order valence-electron chi connectivity index (χ4n) is 4.04. The minimum Gasteiger partial charge on any atom is -0.497 e. The highest BCUT2D eigenvalue weighted by Crippen LogP contribution is 2.32. The van der Waals surface area contributed by atoms with Crippen LogP contribution in [0.15, 0.2) is 72.0 Å². The molecule has 0 fully saturated rings. The Kier molecular flexibility index (Phi) is 6.12. The fourth-order valence-corrected chi connectivity index (χ4v) is 4.04. The molecule has 0 amide bonds. The van der Waals surface area contributed by atoms with E-state index in [0.717, 1.165) is 16.7 Å². The number of carbonyl (C=O) groups excluding carboxylic acids is 1. The lowest BCUT2D eigenvalue weighted by Crippen LogP contribution is -2.17. The topological polar surface area (TPSA) is 77.8 Å². The maximum absolute atomic E-state index is 13.4. The molecule has 1 aliphatic carbocycles. The van der Waals surface area contributed by atoms with Crippen LogP contribution >= 0.6 is 0 Å². The van der Waals surface area contributed by atoms with Gasteiger partial charge in [0, 0.05) is 23.1 Å². The highest BCUT2D eigenvalue weighted by Gasteiger charge is 2.24. The number of aromatic nitrogens is 1. The second-order valence-corrected chi connectivity index (χ2v) is 7.76. The number of carboxylic acids is 1. The monoisotopic (exact) mass is 431 g/mol. The summed E-state index contributed by atoms with van der Waals surface area (Å²) in [5, 5.41) is 10.1. The van der Waals surface area contributed by atoms with E-state index in [0.29, 0.717) is 47.5 Å². The SMILES string of the molecule is COc1ccc2c(c1)c(CC(=O)O)c(C)n2C(=O)C1=CC=C(OCc2ccccc2)CC1. The first-order valence-corrected chi connectivity index (χ1v) is 10.5. The molecule has 0 spiro atoms. The van der Waals surface area contributed by atoms with Gasteiger partial charge in [0.2, 0.25) is 0 Å². The Morgan fingerprint density at radius 3 is 2.50 bits per heavy atom. The minimum atomic E-state index is -0.942. The molecule has 0 saturated heterocycles. The Balaban J connectivity index is 1.62. The van der Waals surface area contributed by atoms with Crippen molar-refractivity contribution in [2.24, 2.45) is 0 Å². The summed E-state index contributed by atoms with van der Waals surface area (Å²) in [7, 11) is 1.56. The molecule has 6 heteroatoms. The van der Waals surface area contributed by atoms with Crippen molar-refractivity contribution in [3.8, 4) is 5.75 Å². The number of carbonyl (C=O) groups is 2. The normalized spacial score (nSPS) is 13.4. The van der Waals surface area contributed by atoms with Crippen LogP contribution in [-0.2, 0) is 22.6 Å². The number of ether oxygens (including phenoxy) is 2. The molecule has 1 N–H and O–H groups in total. The van der Waals surface area contributed by atoms with Gasteiger partial charge in [-0.15, -0.1) is 0 Å². The summed E-state index contributed by atoms with van der Waals surface area (Å²) in [6.07, 6.45) is 4.69. The number of fused-ring (bicyclic) bond motifs is 1. The van der Waals surface area contributed by atoms with Crippen LogP contribution in [0.25, 0.3) is 10.9 Å². The lowest BCUT2D eigenvalue weighted by molar-refractivity contribution is -0.136. The minimum absolute atomic E-state index is 0.146. The van der Waals surface area contributed by atoms with Gasteiger partial charge in [0.25, 0.3) is 5.91 Å². The van der Waals surface area contributed by atoms with E-state index in [9.17, 15) is 14.7 Å². The van der Waals surface area contributed by atoms with Crippen LogP contribution in [0.2, 0.25) is 0 Å². The summed E-state index contributed by atoms with van der Waals surface area (Å²) in [4.78, 5) is 24.9. The summed E-state index contributed by atoms with van der Waals surface area (Å²) in [6, 6.07) is 15.3. The smallest absolute Gasteiger partial charge is 0.307 e. The number of benzene rings is 2. The molecule has 0 aliphatic heterocycles. The molecule has 3 aromatic rings. The summed E-state index contributed by atoms with van der Waals surface area (Å²) < 4.78 is 12.8. The summed E-state index contributed by atoms with van der Waals surface area (Å²) >= 11 is 0. The van der Waals surface area contributed by atoms with Gasteiger partial charge in [0.1, 0.15) is 12.4 Å². The Bertz CT molecular complexity index is 1230. The predicted octanol–water partition coefficient (Wildman–Crippen LogP) is 5.05. The lowest BCUT2D eigenvalue weighted by Gasteiger charge is -2.17. The van der Waals surface area contributed by atoms with Crippen LogP contribution in [0.3, 0.4) is 0 Å². The van der Waals surface area contributed by atoms with Gasteiger partial charge in [-0.05, 0) is 48.7 Å². The maximum atomic E-state index is 13.4. The molecule has 6 nitrogen and oxygen atoms in total. The average Bonchev–Trinajstić information content (AvgIpc) is 3.08. The molecule has 0 bridgehead atoms. The van der Waals surface area contributed by atoms with Crippen molar-refractivity contribution in [1.82, 2.24) is 4.57 Å². The third-order valence-electron chi connectivity index (χ3n) is 5.73. The zero-order valence-corrected chi connectivity index (χ0v) is 18.1. The van der Waals surface area contributed by atoms with E-state index < -0.39 is 5.97 Å². The number of allylic oxidation sites excluding steroid dienone is 4. The third kappa shape index (κ3) is 4.30. The standard InChI is InChI=1S/C26H25NO5/c1-17-22(15-25(28)29)23-14-21(31-2)12-13-24(23)27(17)26(30)19-8-10-20(11-9-19)32-16-18-6-4-3-5-7-18/h3-8,10,12-14H,9,11,15-16H2,1-2H3,(H,28,29). The van der Waals surface area contributed by atoms with E-state index in [1.807, 2.05) is 36.4 Å². The number of hydrogen-bond donors (Lipinski definition) is 1. The number of carboxylic acid groups (broad SMARTS) is 1. The van der Waals surface area contributed by atoms with Crippen molar-refractivity contribution in [1.29, 1.82) is 0 Å². The van der Waals surface area contributed by atoms with E-state index in [2.05, 4.69) is 0 Å². The van der Waals surface area contributed by atoms with E-state index in [-0.39, 0.29) is 12.3 Å². The molecule has 1 aromatic heterocycles. The molecule has 0 saturated carbocycles. The van der Waals surface area contributed by atoms with Crippen LogP contribution in [0.4, 0.5) is 0 Å². The second-order valence-electron chi connectivity index (χ2n) is 7.76. The zero-order chi connectivity index (χ0) is 22.7. The van der Waals surface area contributed by atoms with Gasteiger partial charge in [-0.1, -0.05) is 36.4 Å². The largest absolute Gasteiger partial charge is 0.497 e. The van der Waals surface area contributed by atoms with Gasteiger partial charge in [-0.3, -0.25) is 14.2 Å². The highest BCUT2D eigenvalue weighted by atomic mass is 16.5. The van der Waals surface area contributed by atoms with Crippen molar-refractivity contribution in [3.63, 3.8) is 0 Å². The van der Waals surface area contributed by atoms with Gasteiger partial charge >= 0.3 is 5.97 Å². The fraction of sp³-hybridized carbons (Fsp3) is 0.231. The summed E-state index contributed by atoms with van der Waals surface area (Å²) in [5.41, 5.74) is 3.70. The molecular weight excluding hydrogens is 406 g/mol. The summed E-state index contributed by atoms with van der Waals surface area (Å²) in [5.74, 6) is 0.375. The summed E-state index contributed by atoms with van der Waals surface area (Å²) in [6.45, 7) is 2.28. The van der Waals surface area contributed by atoms with E-state index >= 15 is 0 Å². The molecule has 32 heavy (non-hydrogen) atoms. The number of rotatable bonds is 7. The number of aliphatic carboxylic acids is 1. The van der Waals surface area contributed by atoms with Crippen LogP contribution < -0.4 is 4.74 Å². The predicted molar refractivity (Wildman–Crippen MR) is 122 cm³/mol. The van der Waals surface area contributed by atoms with Crippen molar-refractivity contribution in [2.75, 3.05) is 7.11 Å².